The van der Waals surface area contributed by atoms with Crippen LogP contribution < -0.4 is 11.1 Å². The Bertz CT molecular complexity index is 619. The van der Waals surface area contributed by atoms with Gasteiger partial charge in [-0.3, -0.25) is 0 Å². The highest BCUT2D eigenvalue weighted by Crippen LogP contribution is 2.23. The van der Waals surface area contributed by atoms with E-state index in [1.54, 1.807) is 12.1 Å². The van der Waals surface area contributed by atoms with Gasteiger partial charge in [-0.2, -0.15) is 0 Å². The molecule has 0 spiro atoms. The monoisotopic (exact) mass is 270 g/mol. The summed E-state index contributed by atoms with van der Waals surface area (Å²) in [6.07, 6.45) is 0. The van der Waals surface area contributed by atoms with Crippen molar-refractivity contribution >= 4 is 23.0 Å². The standard InChI is InChI=1S/C16H18N2O2/c1-10(2)11-3-5-12(6-4-11)18-13-7-8-15(17)14(9-13)16(19)20/h3-10,18H,17H2,1-2H3,(H,19,20). The van der Waals surface area contributed by atoms with E-state index in [1.807, 2.05) is 12.1 Å². The van der Waals surface area contributed by atoms with Crippen LogP contribution >= 0.6 is 0 Å². The van der Waals surface area contributed by atoms with Crippen molar-refractivity contribution in [2.24, 2.45) is 0 Å². The number of benzene rings is 2. The molecular formula is C16H18N2O2. The number of carbonyl (C=O) groups is 1. The number of hydrogen-bond acceptors (Lipinski definition) is 3. The smallest absolute Gasteiger partial charge is 0.337 e. The van der Waals surface area contributed by atoms with E-state index in [-0.39, 0.29) is 11.3 Å². The topological polar surface area (TPSA) is 75.3 Å². The van der Waals surface area contributed by atoms with Crippen LogP contribution in [0.5, 0.6) is 0 Å². The van der Waals surface area contributed by atoms with Crippen LogP contribution in [0.2, 0.25) is 0 Å². The van der Waals surface area contributed by atoms with Crippen LogP contribution in [0, 0.1) is 0 Å². The number of anilines is 3. The van der Waals surface area contributed by atoms with Crippen molar-refractivity contribution < 1.29 is 9.90 Å². The van der Waals surface area contributed by atoms with Crippen molar-refractivity contribution in [1.29, 1.82) is 0 Å². The molecule has 0 saturated heterocycles. The first-order valence-corrected chi connectivity index (χ1v) is 6.47. The Morgan fingerprint density at radius 1 is 1.10 bits per heavy atom. The summed E-state index contributed by atoms with van der Waals surface area (Å²) in [7, 11) is 0. The third-order valence-electron chi connectivity index (χ3n) is 3.15. The van der Waals surface area contributed by atoms with Gasteiger partial charge in [0, 0.05) is 17.1 Å². The molecule has 20 heavy (non-hydrogen) atoms. The van der Waals surface area contributed by atoms with Crippen LogP contribution in [-0.2, 0) is 0 Å². The second-order valence-electron chi connectivity index (χ2n) is 5.01. The van der Waals surface area contributed by atoms with E-state index in [1.165, 1.54) is 11.6 Å². The second-order valence-corrected chi connectivity index (χ2v) is 5.01. The van der Waals surface area contributed by atoms with Crippen LogP contribution in [0.4, 0.5) is 17.1 Å². The third kappa shape index (κ3) is 3.09. The lowest BCUT2D eigenvalue weighted by Gasteiger charge is -2.10. The fourth-order valence-electron chi connectivity index (χ4n) is 1.94. The van der Waals surface area contributed by atoms with Gasteiger partial charge in [0.05, 0.1) is 5.56 Å². The molecule has 0 aliphatic rings. The molecule has 4 heteroatoms. The highest BCUT2D eigenvalue weighted by molar-refractivity contribution is 5.95. The lowest BCUT2D eigenvalue weighted by atomic mass is 10.0. The zero-order valence-electron chi connectivity index (χ0n) is 11.6. The summed E-state index contributed by atoms with van der Waals surface area (Å²) in [4.78, 5) is 11.0. The fraction of sp³-hybridized carbons (Fsp3) is 0.188. The largest absolute Gasteiger partial charge is 0.478 e. The van der Waals surface area contributed by atoms with E-state index in [9.17, 15) is 4.79 Å². The van der Waals surface area contributed by atoms with Gasteiger partial charge in [-0.1, -0.05) is 26.0 Å². The quantitative estimate of drug-likeness (QED) is 0.738. The number of carboxylic acids is 1. The van der Waals surface area contributed by atoms with Gasteiger partial charge in [0.25, 0.3) is 0 Å². The summed E-state index contributed by atoms with van der Waals surface area (Å²) in [5, 5.41) is 12.2. The van der Waals surface area contributed by atoms with E-state index < -0.39 is 5.97 Å². The number of hydrogen-bond donors (Lipinski definition) is 3. The first-order chi connectivity index (χ1) is 9.47. The molecule has 104 valence electrons. The third-order valence-corrected chi connectivity index (χ3v) is 3.15. The first-order valence-electron chi connectivity index (χ1n) is 6.47. The highest BCUT2D eigenvalue weighted by Gasteiger charge is 2.08. The van der Waals surface area contributed by atoms with Crippen molar-refractivity contribution in [2.45, 2.75) is 19.8 Å². The van der Waals surface area contributed by atoms with Crippen molar-refractivity contribution in [3.63, 3.8) is 0 Å². The Morgan fingerprint density at radius 2 is 1.70 bits per heavy atom. The van der Waals surface area contributed by atoms with Crippen molar-refractivity contribution in [1.82, 2.24) is 0 Å². The summed E-state index contributed by atoms with van der Waals surface area (Å²) >= 11 is 0. The molecule has 4 N–H and O–H groups in total. The van der Waals surface area contributed by atoms with Crippen molar-refractivity contribution in [2.75, 3.05) is 11.1 Å². The number of carboxylic acid groups (broad SMARTS) is 1. The summed E-state index contributed by atoms with van der Waals surface area (Å²) in [6.45, 7) is 4.28. The van der Waals surface area contributed by atoms with Gasteiger partial charge in [-0.05, 0) is 41.8 Å². The van der Waals surface area contributed by atoms with Gasteiger partial charge in [0.15, 0.2) is 0 Å². The van der Waals surface area contributed by atoms with Crippen molar-refractivity contribution in [3.05, 3.63) is 53.6 Å². The Labute approximate surface area is 118 Å². The van der Waals surface area contributed by atoms with E-state index in [0.717, 1.165) is 5.69 Å². The molecule has 2 aromatic rings. The molecular weight excluding hydrogens is 252 g/mol. The Hall–Kier alpha value is -2.49. The van der Waals surface area contributed by atoms with Gasteiger partial charge in [-0.25, -0.2) is 4.79 Å². The van der Waals surface area contributed by atoms with Gasteiger partial charge < -0.3 is 16.2 Å². The molecule has 0 atom stereocenters. The normalized spacial score (nSPS) is 10.6. The Balaban J connectivity index is 2.21. The molecule has 0 radical (unpaired) electrons. The average molecular weight is 270 g/mol. The molecule has 0 heterocycles. The Kier molecular flexibility index (Phi) is 3.94. The lowest BCUT2D eigenvalue weighted by Crippen LogP contribution is -2.03. The van der Waals surface area contributed by atoms with Gasteiger partial charge in [0.1, 0.15) is 0 Å². The molecule has 0 bridgehead atoms. The molecule has 0 aliphatic heterocycles. The van der Waals surface area contributed by atoms with Crippen molar-refractivity contribution in [3.8, 4) is 0 Å². The van der Waals surface area contributed by atoms with E-state index in [4.69, 9.17) is 10.8 Å². The zero-order chi connectivity index (χ0) is 14.7. The number of nitrogens with one attached hydrogen (secondary N) is 1. The number of nitrogen functional groups attached to an aromatic ring is 1. The summed E-state index contributed by atoms with van der Waals surface area (Å²) in [6, 6.07) is 13.0. The number of nitrogens with two attached hydrogens (primary N) is 1. The average Bonchev–Trinajstić information content (AvgIpc) is 2.41. The first kappa shape index (κ1) is 13.9. The van der Waals surface area contributed by atoms with E-state index in [0.29, 0.717) is 11.6 Å². The second kappa shape index (κ2) is 5.65. The molecule has 2 aromatic carbocycles. The molecule has 4 nitrogen and oxygen atoms in total. The van der Waals surface area contributed by atoms with Crippen LogP contribution in [-0.4, -0.2) is 11.1 Å². The predicted octanol–water partition coefficient (Wildman–Crippen LogP) is 3.83. The fourth-order valence-corrected chi connectivity index (χ4v) is 1.94. The zero-order valence-corrected chi connectivity index (χ0v) is 11.6. The van der Waals surface area contributed by atoms with Crippen LogP contribution in [0.3, 0.4) is 0 Å². The molecule has 0 amide bonds. The molecule has 0 aromatic heterocycles. The molecule has 0 fully saturated rings. The van der Waals surface area contributed by atoms with Gasteiger partial charge in [-0.15, -0.1) is 0 Å². The maximum Gasteiger partial charge on any atom is 0.337 e. The van der Waals surface area contributed by atoms with Crippen LogP contribution in [0.15, 0.2) is 42.5 Å². The van der Waals surface area contributed by atoms with E-state index in [2.05, 4.69) is 31.3 Å². The lowest BCUT2D eigenvalue weighted by molar-refractivity contribution is 0.0698. The number of rotatable bonds is 4. The SMILES string of the molecule is CC(C)c1ccc(Nc2ccc(N)c(C(=O)O)c2)cc1. The maximum atomic E-state index is 11.0. The van der Waals surface area contributed by atoms with Crippen LogP contribution in [0.25, 0.3) is 0 Å². The molecule has 0 unspecified atom stereocenters. The molecule has 2 rings (SSSR count). The Morgan fingerprint density at radius 3 is 2.25 bits per heavy atom. The van der Waals surface area contributed by atoms with Gasteiger partial charge >= 0.3 is 5.97 Å². The predicted molar refractivity (Wildman–Crippen MR) is 81.6 cm³/mol. The molecule has 0 saturated carbocycles. The van der Waals surface area contributed by atoms with Gasteiger partial charge in [0.2, 0.25) is 0 Å². The summed E-state index contributed by atoms with van der Waals surface area (Å²) in [5.74, 6) is -0.541. The minimum atomic E-state index is -1.03. The minimum Gasteiger partial charge on any atom is -0.478 e. The number of aromatic carboxylic acids is 1. The van der Waals surface area contributed by atoms with E-state index >= 15 is 0 Å². The molecule has 0 aliphatic carbocycles. The summed E-state index contributed by atoms with van der Waals surface area (Å²) < 4.78 is 0. The summed E-state index contributed by atoms with van der Waals surface area (Å²) in [5.41, 5.74) is 8.87. The maximum absolute atomic E-state index is 11.0. The van der Waals surface area contributed by atoms with Crippen LogP contribution in [0.1, 0.15) is 35.7 Å². The highest BCUT2D eigenvalue weighted by atomic mass is 16.4. The minimum absolute atomic E-state index is 0.105.